The van der Waals surface area contributed by atoms with Gasteiger partial charge in [-0.05, 0) is 65.2 Å². The molecule has 2 aliphatic heterocycles. The first kappa shape index (κ1) is 50.4. The minimum absolute atomic E-state index is 0.0566. The van der Waals surface area contributed by atoms with E-state index in [1.165, 1.54) is 11.1 Å². The molecule has 2 heterocycles. The summed E-state index contributed by atoms with van der Waals surface area (Å²) in [6.45, 7) is 3.60. The molecule has 6 rings (SSSR count). The van der Waals surface area contributed by atoms with Crippen LogP contribution in [0.1, 0.15) is 71.1 Å². The molecule has 4 unspecified atom stereocenters. The maximum absolute atomic E-state index is 13.0. The number of hydrogen-bond acceptors (Lipinski definition) is 13. The van der Waals surface area contributed by atoms with Crippen molar-refractivity contribution in [3.63, 3.8) is 0 Å². The Hall–Kier alpha value is -6.06. The van der Waals surface area contributed by atoms with Gasteiger partial charge in [-0.15, -0.1) is 0 Å². The smallest absolute Gasteiger partial charge is 0.306 e. The molecule has 2 aliphatic rings. The molecule has 67 heavy (non-hydrogen) atoms. The Kier molecular flexibility index (Phi) is 17.0. The largest absolute Gasteiger partial charge is 0.493 e. The summed E-state index contributed by atoms with van der Waals surface area (Å²) in [7, 11) is 19.2. The van der Waals surface area contributed by atoms with Crippen molar-refractivity contribution in [3.8, 4) is 51.7 Å². The quantitative estimate of drug-likeness (QED) is 0.0414. The number of rotatable bonds is 23. The van der Waals surface area contributed by atoms with E-state index in [2.05, 4.69) is 38.4 Å². The second-order valence-corrected chi connectivity index (χ2v) is 17.6. The van der Waals surface area contributed by atoms with Crippen LogP contribution in [0.2, 0.25) is 0 Å². The SMILES string of the molecule is COc1ccc(CC2c3cc(OC)c(OC)cc3CC[N+]2(C)CCCOC(=O)CCC(=O)OCCC[N+]2(C)CCc3cc(OC)c(OC)c(OC)c3C2c2ccc(OC)c(OC)c2)cc1OC. The highest BCUT2D eigenvalue weighted by atomic mass is 16.5. The second kappa shape index (κ2) is 22.6. The zero-order valence-corrected chi connectivity index (χ0v) is 41.2. The van der Waals surface area contributed by atoms with Crippen molar-refractivity contribution in [2.75, 3.05) is 117 Å². The molecule has 15 heteroatoms. The van der Waals surface area contributed by atoms with Gasteiger partial charge >= 0.3 is 11.9 Å². The molecule has 0 spiro atoms. The third kappa shape index (κ3) is 11.1. The number of nitrogens with zero attached hydrogens (tertiary/aromatic N) is 2. The molecular formula is C52H70N2O13+2. The van der Waals surface area contributed by atoms with Gasteiger partial charge in [0.05, 0.1) is 136 Å². The fourth-order valence-electron chi connectivity index (χ4n) is 10.1. The summed E-state index contributed by atoms with van der Waals surface area (Å²) in [6.07, 6.45) is 3.50. The van der Waals surface area contributed by atoms with Gasteiger partial charge < -0.3 is 61.1 Å². The predicted molar refractivity (Wildman–Crippen MR) is 253 cm³/mol. The van der Waals surface area contributed by atoms with Crippen molar-refractivity contribution in [1.82, 2.24) is 0 Å². The summed E-state index contributed by atoms with van der Waals surface area (Å²) < 4.78 is 64.1. The van der Waals surface area contributed by atoms with Gasteiger partial charge in [0.15, 0.2) is 46.0 Å². The average Bonchev–Trinajstić information content (AvgIpc) is 3.35. The lowest BCUT2D eigenvalue weighted by Gasteiger charge is -2.46. The number of carbonyl (C=O) groups is 2. The van der Waals surface area contributed by atoms with Crippen LogP contribution in [0.15, 0.2) is 54.6 Å². The molecule has 0 saturated carbocycles. The van der Waals surface area contributed by atoms with Gasteiger partial charge in [-0.25, -0.2) is 0 Å². The van der Waals surface area contributed by atoms with E-state index >= 15 is 0 Å². The molecule has 364 valence electrons. The summed E-state index contributed by atoms with van der Waals surface area (Å²) >= 11 is 0. The molecule has 0 amide bonds. The predicted octanol–water partition coefficient (Wildman–Crippen LogP) is 7.49. The standard InChI is InChI=1S/C52H70N2O13/c1-53(24-20-35-30-44(61-7)45(62-8)33-38(35)39(53)28-34-14-16-40(57-3)42(29-34)59-5)22-12-26-66-47(55)18-19-48(56)67-27-13-23-54(2)25-21-36-31-46(63-9)51(64-10)52(65-11)49(36)50(54)37-15-17-41(58-4)43(32-37)60-6/h14-17,29-33,39,50H,12-13,18-28H2,1-11H3/q+2. The molecule has 0 fully saturated rings. The minimum Gasteiger partial charge on any atom is -0.493 e. The van der Waals surface area contributed by atoms with Gasteiger partial charge in [0.2, 0.25) is 5.75 Å². The highest BCUT2D eigenvalue weighted by Gasteiger charge is 2.44. The fourth-order valence-corrected chi connectivity index (χ4v) is 10.1. The number of carbonyl (C=O) groups excluding carboxylic acids is 2. The molecule has 15 nitrogen and oxygen atoms in total. The van der Waals surface area contributed by atoms with Crippen LogP contribution in [0.25, 0.3) is 0 Å². The molecule has 4 aromatic rings. The van der Waals surface area contributed by atoms with E-state index in [0.717, 1.165) is 65.6 Å². The van der Waals surface area contributed by atoms with Crippen molar-refractivity contribution in [1.29, 1.82) is 0 Å². The molecule has 4 atom stereocenters. The van der Waals surface area contributed by atoms with Gasteiger partial charge in [-0.1, -0.05) is 6.07 Å². The zero-order chi connectivity index (χ0) is 48.3. The molecule has 0 bridgehead atoms. The molecule has 0 saturated heterocycles. The number of methoxy groups -OCH3 is 9. The van der Waals surface area contributed by atoms with E-state index < -0.39 is 11.9 Å². The Balaban J connectivity index is 1.04. The summed E-state index contributed by atoms with van der Waals surface area (Å²) in [5.41, 5.74) is 6.66. The molecule has 0 aliphatic carbocycles. The first-order valence-corrected chi connectivity index (χ1v) is 22.8. The fraction of sp³-hybridized carbons (Fsp3) is 0.500. The van der Waals surface area contributed by atoms with E-state index in [4.69, 9.17) is 52.1 Å². The number of ether oxygens (including phenoxy) is 11. The van der Waals surface area contributed by atoms with Crippen molar-refractivity contribution in [2.45, 2.75) is 57.0 Å². The summed E-state index contributed by atoms with van der Waals surface area (Å²) in [4.78, 5) is 25.9. The molecular weight excluding hydrogens is 861 g/mol. The lowest BCUT2D eigenvalue weighted by Crippen LogP contribution is -2.52. The van der Waals surface area contributed by atoms with Crippen LogP contribution in [0, 0.1) is 0 Å². The molecule has 0 aromatic heterocycles. The van der Waals surface area contributed by atoms with Crippen molar-refractivity contribution < 1.29 is 70.7 Å². The Morgan fingerprint density at radius 2 is 1.01 bits per heavy atom. The van der Waals surface area contributed by atoms with E-state index in [1.54, 1.807) is 64.0 Å². The number of quaternary nitrogens is 2. The Morgan fingerprint density at radius 1 is 0.522 bits per heavy atom. The Morgan fingerprint density at radius 3 is 1.60 bits per heavy atom. The van der Waals surface area contributed by atoms with Crippen LogP contribution >= 0.6 is 0 Å². The van der Waals surface area contributed by atoms with Crippen molar-refractivity contribution in [2.24, 2.45) is 0 Å². The summed E-state index contributed by atoms with van der Waals surface area (Å²) in [6, 6.07) is 18.1. The summed E-state index contributed by atoms with van der Waals surface area (Å²) in [5.74, 6) is 4.89. The molecule has 0 N–H and O–H groups in total. The number of esters is 2. The van der Waals surface area contributed by atoms with Crippen LogP contribution in [-0.2, 0) is 38.3 Å². The molecule has 0 radical (unpaired) electrons. The third-order valence-corrected chi connectivity index (χ3v) is 13.7. The van der Waals surface area contributed by atoms with E-state index in [-0.39, 0.29) is 38.1 Å². The first-order valence-electron chi connectivity index (χ1n) is 22.8. The van der Waals surface area contributed by atoms with E-state index in [0.29, 0.717) is 75.6 Å². The maximum atomic E-state index is 13.0. The van der Waals surface area contributed by atoms with E-state index in [1.807, 2.05) is 30.3 Å². The average molecular weight is 931 g/mol. The third-order valence-electron chi connectivity index (χ3n) is 13.7. The number of benzene rings is 4. The highest BCUT2D eigenvalue weighted by molar-refractivity contribution is 5.77. The van der Waals surface area contributed by atoms with Crippen molar-refractivity contribution in [3.05, 3.63) is 88.0 Å². The van der Waals surface area contributed by atoms with Gasteiger partial charge in [0.25, 0.3) is 0 Å². The van der Waals surface area contributed by atoms with Crippen LogP contribution in [0.3, 0.4) is 0 Å². The van der Waals surface area contributed by atoms with E-state index in [9.17, 15) is 9.59 Å². The lowest BCUT2D eigenvalue weighted by atomic mass is 9.84. The van der Waals surface area contributed by atoms with Gasteiger partial charge in [0, 0.05) is 43.2 Å². The lowest BCUT2D eigenvalue weighted by molar-refractivity contribution is -0.941. The summed E-state index contributed by atoms with van der Waals surface area (Å²) in [5, 5.41) is 0. The number of fused-ring (bicyclic) bond motifs is 2. The van der Waals surface area contributed by atoms with Crippen LogP contribution in [-0.4, -0.2) is 138 Å². The van der Waals surface area contributed by atoms with Gasteiger partial charge in [0.1, 0.15) is 12.1 Å². The second-order valence-electron chi connectivity index (χ2n) is 17.6. The Bertz CT molecular complexity index is 2350. The number of likely N-dealkylation sites (N-methyl/N-ethyl adjacent to an activating group) is 2. The topological polar surface area (TPSA) is 136 Å². The Labute approximate surface area is 395 Å². The zero-order valence-electron chi connectivity index (χ0n) is 41.2. The van der Waals surface area contributed by atoms with Crippen LogP contribution in [0.4, 0.5) is 0 Å². The van der Waals surface area contributed by atoms with Gasteiger partial charge in [-0.3, -0.25) is 9.59 Å². The molecule has 4 aromatic carbocycles. The highest BCUT2D eigenvalue weighted by Crippen LogP contribution is 2.52. The van der Waals surface area contributed by atoms with Crippen LogP contribution in [0.5, 0.6) is 51.7 Å². The first-order chi connectivity index (χ1) is 32.3. The van der Waals surface area contributed by atoms with Gasteiger partial charge in [-0.2, -0.15) is 0 Å². The number of hydrogen-bond donors (Lipinski definition) is 0. The normalized spacial score (nSPS) is 19.5. The minimum atomic E-state index is -0.436. The van der Waals surface area contributed by atoms with Crippen molar-refractivity contribution >= 4 is 11.9 Å². The maximum Gasteiger partial charge on any atom is 0.306 e. The monoisotopic (exact) mass is 930 g/mol. The van der Waals surface area contributed by atoms with Crippen LogP contribution < -0.4 is 42.6 Å².